The second-order valence-electron chi connectivity index (χ2n) is 5.13. The van der Waals surface area contributed by atoms with Crippen LogP contribution in [0.3, 0.4) is 0 Å². The van der Waals surface area contributed by atoms with Gasteiger partial charge < -0.3 is 15.4 Å². The predicted molar refractivity (Wildman–Crippen MR) is 77.1 cm³/mol. The Bertz CT molecular complexity index is 408. The SMILES string of the molecule is CCCC1CCCCN1c1cc(N)nc(COC)n1. The van der Waals surface area contributed by atoms with Crippen LogP contribution >= 0.6 is 0 Å². The molecule has 0 amide bonds. The van der Waals surface area contributed by atoms with Gasteiger partial charge in [-0.15, -0.1) is 0 Å². The first-order valence-electron chi connectivity index (χ1n) is 7.13. The summed E-state index contributed by atoms with van der Waals surface area (Å²) in [7, 11) is 1.65. The molecule has 5 heteroatoms. The lowest BCUT2D eigenvalue weighted by Crippen LogP contribution is -2.40. The van der Waals surface area contributed by atoms with Gasteiger partial charge in [-0.2, -0.15) is 0 Å². The zero-order valence-corrected chi connectivity index (χ0v) is 11.9. The molecule has 1 aliphatic rings. The summed E-state index contributed by atoms with van der Waals surface area (Å²) in [4.78, 5) is 11.2. The van der Waals surface area contributed by atoms with Gasteiger partial charge in [0.1, 0.15) is 18.2 Å². The zero-order valence-electron chi connectivity index (χ0n) is 11.9. The van der Waals surface area contributed by atoms with Crippen molar-refractivity contribution in [2.45, 2.75) is 51.7 Å². The molecule has 1 saturated heterocycles. The third-order valence-corrected chi connectivity index (χ3v) is 3.60. The Balaban J connectivity index is 2.22. The first-order chi connectivity index (χ1) is 9.24. The maximum absolute atomic E-state index is 5.88. The molecule has 0 radical (unpaired) electrons. The van der Waals surface area contributed by atoms with Gasteiger partial charge in [0.15, 0.2) is 5.82 Å². The molecule has 1 unspecified atom stereocenters. The van der Waals surface area contributed by atoms with E-state index in [0.717, 1.165) is 12.4 Å². The van der Waals surface area contributed by atoms with E-state index in [1.807, 2.05) is 6.07 Å². The number of nitrogen functional groups attached to an aromatic ring is 1. The topological polar surface area (TPSA) is 64.3 Å². The molecule has 0 saturated carbocycles. The summed E-state index contributed by atoms with van der Waals surface area (Å²) in [5.74, 6) is 2.15. The van der Waals surface area contributed by atoms with Crippen LogP contribution in [0.4, 0.5) is 11.6 Å². The summed E-state index contributed by atoms with van der Waals surface area (Å²) >= 11 is 0. The maximum Gasteiger partial charge on any atom is 0.158 e. The van der Waals surface area contributed by atoms with Crippen LogP contribution in [-0.4, -0.2) is 29.7 Å². The van der Waals surface area contributed by atoms with Gasteiger partial charge in [0.25, 0.3) is 0 Å². The average Bonchev–Trinajstić information content (AvgIpc) is 2.39. The van der Waals surface area contributed by atoms with Crippen molar-refractivity contribution in [2.75, 3.05) is 24.3 Å². The Labute approximate surface area is 115 Å². The summed E-state index contributed by atoms with van der Waals surface area (Å²) in [5.41, 5.74) is 5.88. The second-order valence-corrected chi connectivity index (χ2v) is 5.13. The molecule has 1 aromatic heterocycles. The number of aromatic nitrogens is 2. The van der Waals surface area contributed by atoms with Crippen molar-refractivity contribution in [1.82, 2.24) is 9.97 Å². The molecule has 5 nitrogen and oxygen atoms in total. The van der Waals surface area contributed by atoms with Crippen molar-refractivity contribution in [1.29, 1.82) is 0 Å². The minimum absolute atomic E-state index is 0.407. The van der Waals surface area contributed by atoms with Crippen LogP contribution in [0.5, 0.6) is 0 Å². The largest absolute Gasteiger partial charge is 0.384 e. The number of hydrogen-bond acceptors (Lipinski definition) is 5. The average molecular weight is 264 g/mol. The Hall–Kier alpha value is -1.36. The number of anilines is 2. The van der Waals surface area contributed by atoms with Crippen LogP contribution in [0.2, 0.25) is 0 Å². The molecule has 1 aliphatic heterocycles. The minimum Gasteiger partial charge on any atom is -0.384 e. The molecule has 106 valence electrons. The van der Waals surface area contributed by atoms with Gasteiger partial charge in [-0.25, -0.2) is 9.97 Å². The number of piperidine rings is 1. The van der Waals surface area contributed by atoms with E-state index in [0.29, 0.717) is 24.3 Å². The normalized spacial score (nSPS) is 19.7. The van der Waals surface area contributed by atoms with Crippen LogP contribution in [-0.2, 0) is 11.3 Å². The molecule has 0 bridgehead atoms. The number of hydrogen-bond donors (Lipinski definition) is 1. The number of methoxy groups -OCH3 is 1. The van der Waals surface area contributed by atoms with E-state index in [4.69, 9.17) is 10.5 Å². The minimum atomic E-state index is 0.407. The monoisotopic (exact) mass is 264 g/mol. The Morgan fingerprint density at radius 1 is 1.42 bits per heavy atom. The molecular weight excluding hydrogens is 240 g/mol. The van der Waals surface area contributed by atoms with Crippen molar-refractivity contribution in [3.8, 4) is 0 Å². The highest BCUT2D eigenvalue weighted by Crippen LogP contribution is 2.26. The van der Waals surface area contributed by atoms with Crippen molar-refractivity contribution >= 4 is 11.6 Å². The lowest BCUT2D eigenvalue weighted by atomic mass is 9.98. The number of ether oxygens (including phenoxy) is 1. The van der Waals surface area contributed by atoms with Crippen LogP contribution in [0, 0.1) is 0 Å². The molecule has 0 aliphatic carbocycles. The lowest BCUT2D eigenvalue weighted by Gasteiger charge is -2.36. The second kappa shape index (κ2) is 6.70. The van der Waals surface area contributed by atoms with Crippen molar-refractivity contribution in [3.63, 3.8) is 0 Å². The summed E-state index contributed by atoms with van der Waals surface area (Å²) in [6.07, 6.45) is 6.20. The number of nitrogens with zero attached hydrogens (tertiary/aromatic N) is 3. The van der Waals surface area contributed by atoms with Gasteiger partial charge in [0, 0.05) is 25.8 Å². The highest BCUT2D eigenvalue weighted by Gasteiger charge is 2.23. The predicted octanol–water partition coefficient (Wildman–Crippen LogP) is 2.36. The smallest absolute Gasteiger partial charge is 0.158 e. The van der Waals surface area contributed by atoms with E-state index < -0.39 is 0 Å². The fourth-order valence-electron chi connectivity index (χ4n) is 2.78. The van der Waals surface area contributed by atoms with Gasteiger partial charge >= 0.3 is 0 Å². The first-order valence-corrected chi connectivity index (χ1v) is 7.13. The third kappa shape index (κ3) is 3.56. The molecule has 1 fully saturated rings. The summed E-state index contributed by atoms with van der Waals surface area (Å²) in [6, 6.07) is 2.47. The van der Waals surface area contributed by atoms with E-state index in [1.54, 1.807) is 7.11 Å². The quantitative estimate of drug-likeness (QED) is 0.884. The molecule has 0 aromatic carbocycles. The van der Waals surface area contributed by atoms with E-state index in [-0.39, 0.29) is 0 Å². The van der Waals surface area contributed by atoms with Crippen molar-refractivity contribution < 1.29 is 4.74 Å². The molecular formula is C14H24N4O. The fraction of sp³-hybridized carbons (Fsp3) is 0.714. The Morgan fingerprint density at radius 2 is 2.26 bits per heavy atom. The third-order valence-electron chi connectivity index (χ3n) is 3.60. The van der Waals surface area contributed by atoms with E-state index in [2.05, 4.69) is 21.8 Å². The highest BCUT2D eigenvalue weighted by atomic mass is 16.5. The molecule has 2 N–H and O–H groups in total. The standard InChI is InChI=1S/C14H24N4O/c1-3-6-11-7-4-5-8-18(11)14-9-12(15)16-13(17-14)10-19-2/h9,11H,3-8,10H2,1-2H3,(H2,15,16,17). The molecule has 1 atom stereocenters. The van der Waals surface area contributed by atoms with Gasteiger partial charge in [0.2, 0.25) is 0 Å². The Kier molecular flexibility index (Phi) is 4.96. The molecule has 0 spiro atoms. The first kappa shape index (κ1) is 14.1. The molecule has 2 heterocycles. The van der Waals surface area contributed by atoms with E-state index >= 15 is 0 Å². The van der Waals surface area contributed by atoms with Crippen molar-refractivity contribution in [2.24, 2.45) is 0 Å². The number of nitrogens with two attached hydrogens (primary N) is 1. The summed E-state index contributed by atoms with van der Waals surface area (Å²) in [6.45, 7) is 3.70. The number of rotatable bonds is 5. The Morgan fingerprint density at radius 3 is 3.00 bits per heavy atom. The summed E-state index contributed by atoms with van der Waals surface area (Å²) < 4.78 is 5.10. The molecule has 19 heavy (non-hydrogen) atoms. The van der Waals surface area contributed by atoms with Crippen LogP contribution in [0.1, 0.15) is 44.9 Å². The van der Waals surface area contributed by atoms with Crippen molar-refractivity contribution in [3.05, 3.63) is 11.9 Å². The fourth-order valence-corrected chi connectivity index (χ4v) is 2.78. The van der Waals surface area contributed by atoms with Gasteiger partial charge in [-0.3, -0.25) is 0 Å². The maximum atomic E-state index is 5.88. The summed E-state index contributed by atoms with van der Waals surface area (Å²) in [5, 5.41) is 0. The lowest BCUT2D eigenvalue weighted by molar-refractivity contribution is 0.178. The zero-order chi connectivity index (χ0) is 13.7. The van der Waals surface area contributed by atoms with E-state index in [1.165, 1.54) is 32.1 Å². The van der Waals surface area contributed by atoms with Crippen LogP contribution in [0.25, 0.3) is 0 Å². The van der Waals surface area contributed by atoms with Gasteiger partial charge in [0.05, 0.1) is 0 Å². The van der Waals surface area contributed by atoms with Crippen LogP contribution < -0.4 is 10.6 Å². The van der Waals surface area contributed by atoms with Gasteiger partial charge in [-0.1, -0.05) is 13.3 Å². The molecule has 2 rings (SSSR count). The van der Waals surface area contributed by atoms with Crippen LogP contribution in [0.15, 0.2) is 6.07 Å². The molecule has 1 aromatic rings. The highest BCUT2D eigenvalue weighted by molar-refractivity contribution is 5.48. The van der Waals surface area contributed by atoms with E-state index in [9.17, 15) is 0 Å². The van der Waals surface area contributed by atoms with Gasteiger partial charge in [-0.05, 0) is 25.7 Å².